The molecule has 19 heavy (non-hydrogen) atoms. The molecule has 0 aromatic heterocycles. The molecular weight excluding hydrogens is 294 g/mol. The van der Waals surface area contributed by atoms with E-state index in [9.17, 15) is 13.2 Å². The first-order valence-corrected chi connectivity index (χ1v) is 7.08. The molecule has 0 bridgehead atoms. The molecule has 1 N–H and O–H groups in total. The minimum Gasteiger partial charge on any atom is -0.495 e. The van der Waals surface area contributed by atoms with Crippen molar-refractivity contribution < 1.29 is 23.1 Å². The Bertz CT molecular complexity index is 587. The summed E-state index contributed by atoms with van der Waals surface area (Å²) in [4.78, 5) is 10.7. The molecule has 106 valence electrons. The highest BCUT2D eigenvalue weighted by atomic mass is 35.5. The smallest absolute Gasteiger partial charge is 0.321 e. The van der Waals surface area contributed by atoms with Crippen LogP contribution in [0.5, 0.6) is 5.75 Å². The van der Waals surface area contributed by atoms with Crippen molar-refractivity contribution in [3.8, 4) is 5.75 Å². The van der Waals surface area contributed by atoms with Crippen LogP contribution in [0.25, 0.3) is 0 Å². The highest BCUT2D eigenvalue weighted by molar-refractivity contribution is 7.89. The van der Waals surface area contributed by atoms with Gasteiger partial charge in [-0.1, -0.05) is 11.6 Å². The zero-order valence-electron chi connectivity index (χ0n) is 10.6. The number of carbonyl (C=O) groups is 1. The van der Waals surface area contributed by atoms with E-state index in [-0.39, 0.29) is 10.6 Å². The molecule has 0 saturated carbocycles. The van der Waals surface area contributed by atoms with Crippen molar-refractivity contribution >= 4 is 27.6 Å². The van der Waals surface area contributed by atoms with Crippen molar-refractivity contribution in [1.82, 2.24) is 4.31 Å². The number of halogens is 1. The highest BCUT2D eigenvalue weighted by Gasteiger charge is 2.31. The monoisotopic (exact) mass is 307 g/mol. The molecule has 0 aliphatic rings. The lowest BCUT2D eigenvalue weighted by Gasteiger charge is -2.22. The van der Waals surface area contributed by atoms with Crippen molar-refractivity contribution in [2.45, 2.75) is 17.9 Å². The Morgan fingerprint density at radius 3 is 2.53 bits per heavy atom. The van der Waals surface area contributed by atoms with Crippen LogP contribution in [-0.2, 0) is 14.8 Å². The fraction of sp³-hybridized carbons (Fsp3) is 0.364. The van der Waals surface area contributed by atoms with Gasteiger partial charge in [-0.25, -0.2) is 8.42 Å². The number of benzene rings is 1. The van der Waals surface area contributed by atoms with Crippen molar-refractivity contribution in [3.05, 3.63) is 23.2 Å². The van der Waals surface area contributed by atoms with E-state index in [0.717, 1.165) is 4.31 Å². The molecule has 1 aromatic carbocycles. The Morgan fingerprint density at radius 2 is 2.05 bits per heavy atom. The average Bonchev–Trinajstić information content (AvgIpc) is 2.36. The van der Waals surface area contributed by atoms with Crippen molar-refractivity contribution in [3.63, 3.8) is 0 Å². The first-order valence-electron chi connectivity index (χ1n) is 5.26. The molecular formula is C11H14ClNO5S. The van der Waals surface area contributed by atoms with Gasteiger partial charge in [0.25, 0.3) is 0 Å². The predicted molar refractivity (Wildman–Crippen MR) is 70.1 cm³/mol. The molecule has 0 aliphatic carbocycles. The first-order chi connectivity index (χ1) is 8.71. The number of methoxy groups -OCH3 is 1. The van der Waals surface area contributed by atoms with Gasteiger partial charge in [-0.05, 0) is 19.1 Å². The van der Waals surface area contributed by atoms with E-state index < -0.39 is 22.0 Å². The minimum atomic E-state index is -3.97. The van der Waals surface area contributed by atoms with Crippen LogP contribution in [0.3, 0.4) is 0 Å². The van der Waals surface area contributed by atoms with Gasteiger partial charge in [0.15, 0.2) is 0 Å². The molecule has 6 nitrogen and oxygen atoms in total. The third-order valence-electron chi connectivity index (χ3n) is 2.69. The van der Waals surface area contributed by atoms with Gasteiger partial charge in [-0.15, -0.1) is 0 Å². The molecule has 1 atom stereocenters. The van der Waals surface area contributed by atoms with Gasteiger partial charge < -0.3 is 9.84 Å². The molecule has 8 heteroatoms. The zero-order chi connectivity index (χ0) is 14.8. The summed E-state index contributed by atoms with van der Waals surface area (Å²) in [7, 11) is -1.47. The lowest BCUT2D eigenvalue weighted by atomic mass is 10.3. The van der Waals surface area contributed by atoms with Crippen molar-refractivity contribution in [2.24, 2.45) is 0 Å². The van der Waals surface area contributed by atoms with Gasteiger partial charge >= 0.3 is 5.97 Å². The van der Waals surface area contributed by atoms with Crippen LogP contribution in [0.15, 0.2) is 23.1 Å². The standard InChI is InChI=1S/C11H14ClNO5S/c1-7(11(14)15)13(2)19(16,17)10-5-4-8(12)6-9(10)18-3/h4-7H,1-3H3,(H,14,15). The number of carboxylic acid groups (broad SMARTS) is 1. The quantitative estimate of drug-likeness (QED) is 0.890. The Hall–Kier alpha value is -1.31. The van der Waals surface area contributed by atoms with E-state index in [1.165, 1.54) is 39.3 Å². The Balaban J connectivity index is 3.31. The lowest BCUT2D eigenvalue weighted by molar-refractivity contribution is -0.140. The van der Waals surface area contributed by atoms with Crippen LogP contribution < -0.4 is 4.74 Å². The van der Waals surface area contributed by atoms with E-state index in [0.29, 0.717) is 5.02 Å². The number of aliphatic carboxylic acids is 1. The van der Waals surface area contributed by atoms with E-state index in [1.807, 2.05) is 0 Å². The number of likely N-dealkylation sites (N-methyl/N-ethyl adjacent to an activating group) is 1. The summed E-state index contributed by atoms with van der Waals surface area (Å²) in [6.07, 6.45) is 0. The topological polar surface area (TPSA) is 83.9 Å². The highest BCUT2D eigenvalue weighted by Crippen LogP contribution is 2.29. The maximum absolute atomic E-state index is 12.3. The van der Waals surface area contributed by atoms with Gasteiger partial charge in [0.1, 0.15) is 16.7 Å². The summed E-state index contributed by atoms with van der Waals surface area (Å²) in [6.45, 7) is 1.28. The molecule has 0 heterocycles. The zero-order valence-corrected chi connectivity index (χ0v) is 12.2. The second-order valence-corrected chi connectivity index (χ2v) is 6.23. The second-order valence-electron chi connectivity index (χ2n) is 3.83. The Morgan fingerprint density at radius 1 is 1.47 bits per heavy atom. The molecule has 1 rings (SSSR count). The third kappa shape index (κ3) is 3.17. The molecule has 0 spiro atoms. The molecule has 0 fully saturated rings. The normalized spacial score (nSPS) is 13.3. The number of hydrogen-bond donors (Lipinski definition) is 1. The minimum absolute atomic E-state index is 0.0666. The van der Waals surface area contributed by atoms with Crippen LogP contribution in [0, 0.1) is 0 Å². The number of rotatable bonds is 5. The van der Waals surface area contributed by atoms with Gasteiger partial charge in [0, 0.05) is 18.1 Å². The summed E-state index contributed by atoms with van der Waals surface area (Å²) in [5, 5.41) is 9.20. The van der Waals surface area contributed by atoms with E-state index in [1.54, 1.807) is 0 Å². The Kier molecular flexibility index (Phi) is 4.78. The molecule has 1 aromatic rings. The number of nitrogens with zero attached hydrogens (tertiary/aromatic N) is 1. The third-order valence-corrected chi connectivity index (χ3v) is 4.89. The van der Waals surface area contributed by atoms with Crippen LogP contribution >= 0.6 is 11.6 Å². The summed E-state index contributed by atoms with van der Waals surface area (Å²) < 4.78 is 30.3. The van der Waals surface area contributed by atoms with E-state index in [4.69, 9.17) is 21.4 Å². The largest absolute Gasteiger partial charge is 0.495 e. The average molecular weight is 308 g/mol. The maximum Gasteiger partial charge on any atom is 0.321 e. The predicted octanol–water partition coefficient (Wildman–Crippen LogP) is 1.44. The van der Waals surface area contributed by atoms with Gasteiger partial charge in [0.2, 0.25) is 10.0 Å². The summed E-state index contributed by atoms with van der Waals surface area (Å²) in [5.74, 6) is -1.17. The first kappa shape index (κ1) is 15.7. The van der Waals surface area contributed by atoms with Gasteiger partial charge in [0.05, 0.1) is 7.11 Å². The second kappa shape index (κ2) is 5.77. The summed E-state index contributed by atoms with van der Waals surface area (Å²) in [6, 6.07) is 2.84. The number of carboxylic acids is 1. The number of sulfonamides is 1. The van der Waals surface area contributed by atoms with Gasteiger partial charge in [-0.2, -0.15) is 4.31 Å². The van der Waals surface area contributed by atoms with Crippen LogP contribution in [0.1, 0.15) is 6.92 Å². The molecule has 0 amide bonds. The summed E-state index contributed by atoms with van der Waals surface area (Å²) >= 11 is 5.76. The van der Waals surface area contributed by atoms with Crippen LogP contribution in [0.4, 0.5) is 0 Å². The van der Waals surface area contributed by atoms with Gasteiger partial charge in [-0.3, -0.25) is 4.79 Å². The van der Waals surface area contributed by atoms with Crippen molar-refractivity contribution in [2.75, 3.05) is 14.2 Å². The fourth-order valence-electron chi connectivity index (χ4n) is 1.37. The summed E-state index contributed by atoms with van der Waals surface area (Å²) in [5.41, 5.74) is 0. The molecule has 1 unspecified atom stereocenters. The van der Waals surface area contributed by atoms with Crippen LogP contribution in [-0.4, -0.2) is 44.0 Å². The van der Waals surface area contributed by atoms with Crippen molar-refractivity contribution in [1.29, 1.82) is 0 Å². The molecule has 0 saturated heterocycles. The SMILES string of the molecule is COc1cc(Cl)ccc1S(=O)(=O)N(C)C(C)C(=O)O. The molecule has 0 aliphatic heterocycles. The number of ether oxygens (including phenoxy) is 1. The Labute approximate surface area is 116 Å². The number of hydrogen-bond acceptors (Lipinski definition) is 4. The fourth-order valence-corrected chi connectivity index (χ4v) is 2.99. The maximum atomic E-state index is 12.3. The van der Waals surface area contributed by atoms with E-state index in [2.05, 4.69) is 0 Å². The lowest BCUT2D eigenvalue weighted by Crippen LogP contribution is -2.40. The van der Waals surface area contributed by atoms with E-state index >= 15 is 0 Å². The molecule has 0 radical (unpaired) electrons. The van der Waals surface area contributed by atoms with Crippen LogP contribution in [0.2, 0.25) is 5.02 Å².